The summed E-state index contributed by atoms with van der Waals surface area (Å²) in [6.07, 6.45) is 1.03. The molecular weight excluding hydrogens is 217 g/mol. The van der Waals surface area contributed by atoms with Gasteiger partial charge in [0.2, 0.25) is 0 Å². The molecule has 1 fully saturated rings. The molecule has 0 amide bonds. The number of rotatable bonds is 4. The van der Waals surface area contributed by atoms with Crippen molar-refractivity contribution >= 4 is 7.85 Å². The van der Waals surface area contributed by atoms with Crippen LogP contribution in [0.5, 0.6) is 0 Å². The van der Waals surface area contributed by atoms with Crippen molar-refractivity contribution in [3.05, 3.63) is 30.1 Å². The van der Waals surface area contributed by atoms with Gasteiger partial charge in [-0.05, 0) is 18.6 Å². The molecule has 1 N–H and O–H groups in total. The van der Waals surface area contributed by atoms with E-state index in [-0.39, 0.29) is 6.10 Å². The number of aromatic nitrogens is 1. The highest BCUT2D eigenvalue weighted by Crippen LogP contribution is 2.24. The fraction of sp³-hybridized carbons (Fsp3) is 0.583. The number of ether oxygens (including phenoxy) is 2. The normalized spacial score (nSPS) is 32.8. The number of hydrogen-bond donors (Lipinski definition) is 1. The lowest BCUT2D eigenvalue weighted by Gasteiger charge is -2.18. The molecular formula is C12H16BNO3. The quantitative estimate of drug-likeness (QED) is 0.775. The minimum atomic E-state index is -0.668. The van der Waals surface area contributed by atoms with Gasteiger partial charge in [0.15, 0.2) is 0 Å². The zero-order valence-electron chi connectivity index (χ0n) is 9.82. The summed E-state index contributed by atoms with van der Waals surface area (Å²) in [4.78, 5) is 4.14. The van der Waals surface area contributed by atoms with Gasteiger partial charge in [-0.3, -0.25) is 4.98 Å². The molecule has 0 spiro atoms. The van der Waals surface area contributed by atoms with E-state index in [1.54, 1.807) is 6.20 Å². The Kier molecular flexibility index (Phi) is 4.15. The van der Waals surface area contributed by atoms with Crippen LogP contribution in [0, 0.1) is 0 Å². The predicted molar refractivity (Wildman–Crippen MR) is 63.5 cm³/mol. The number of aliphatic hydroxyl groups is 1. The Morgan fingerprint density at radius 2 is 2.35 bits per heavy atom. The molecule has 4 nitrogen and oxygen atoms in total. The van der Waals surface area contributed by atoms with Gasteiger partial charge in [0.1, 0.15) is 20.1 Å². The molecule has 1 aromatic heterocycles. The Bertz CT molecular complexity index is 349. The Morgan fingerprint density at radius 1 is 1.53 bits per heavy atom. The number of pyridine rings is 1. The monoisotopic (exact) mass is 233 g/mol. The Balaban J connectivity index is 1.91. The van der Waals surface area contributed by atoms with Crippen LogP contribution >= 0.6 is 0 Å². The summed E-state index contributed by atoms with van der Waals surface area (Å²) in [6, 6.07) is 5.03. The molecule has 2 radical (unpaired) electrons. The predicted octanol–water partition coefficient (Wildman–Crippen LogP) is 0.631. The van der Waals surface area contributed by atoms with E-state index in [1.807, 2.05) is 25.1 Å². The maximum absolute atomic E-state index is 9.95. The summed E-state index contributed by atoms with van der Waals surface area (Å²) >= 11 is 0. The third kappa shape index (κ3) is 2.86. The molecule has 0 aromatic carbocycles. The van der Waals surface area contributed by atoms with E-state index >= 15 is 0 Å². The molecule has 90 valence electrons. The Hall–Kier alpha value is -0.905. The van der Waals surface area contributed by atoms with Crippen molar-refractivity contribution in [1.29, 1.82) is 0 Å². The highest BCUT2D eigenvalue weighted by Gasteiger charge is 2.40. The SMILES string of the molecule is [B][C@@H]1O[C@H](CC)[C@H](O)C1OCc1ccccn1. The maximum atomic E-state index is 9.95. The zero-order valence-corrected chi connectivity index (χ0v) is 9.82. The summed E-state index contributed by atoms with van der Waals surface area (Å²) in [5.74, 6) is 0. The zero-order chi connectivity index (χ0) is 12.3. The standard InChI is InChI=1S/C12H16BNO3/c1-2-9-10(15)11(12(13)17-9)16-7-8-5-3-4-6-14-8/h3-6,9-12,15H,2,7H2,1H3/t9-,10+,11?,12-/m1/s1. The third-order valence-corrected chi connectivity index (χ3v) is 2.93. The molecule has 4 atom stereocenters. The van der Waals surface area contributed by atoms with E-state index < -0.39 is 18.2 Å². The number of nitrogens with zero attached hydrogens (tertiary/aromatic N) is 1. The van der Waals surface area contributed by atoms with Gasteiger partial charge < -0.3 is 14.6 Å². The molecule has 5 heteroatoms. The molecule has 1 aliphatic rings. The van der Waals surface area contributed by atoms with Gasteiger partial charge in [-0.15, -0.1) is 0 Å². The second kappa shape index (κ2) is 5.62. The summed E-state index contributed by atoms with van der Waals surface area (Å²) in [6.45, 7) is 2.28. The van der Waals surface area contributed by atoms with Gasteiger partial charge in [-0.25, -0.2) is 0 Å². The summed E-state index contributed by atoms with van der Waals surface area (Å²) < 4.78 is 11.0. The molecule has 1 aliphatic heterocycles. The lowest BCUT2D eigenvalue weighted by molar-refractivity contribution is -0.0317. The second-order valence-electron chi connectivity index (χ2n) is 4.13. The second-order valence-corrected chi connectivity index (χ2v) is 4.13. The van der Waals surface area contributed by atoms with Crippen LogP contribution in [-0.4, -0.2) is 42.3 Å². The van der Waals surface area contributed by atoms with Gasteiger partial charge >= 0.3 is 0 Å². The van der Waals surface area contributed by atoms with Crippen LogP contribution in [0.15, 0.2) is 24.4 Å². The fourth-order valence-corrected chi connectivity index (χ4v) is 1.96. The molecule has 1 unspecified atom stereocenters. The third-order valence-electron chi connectivity index (χ3n) is 2.93. The van der Waals surface area contributed by atoms with Crippen LogP contribution in [0.3, 0.4) is 0 Å². The first kappa shape index (κ1) is 12.5. The molecule has 0 saturated carbocycles. The highest BCUT2D eigenvalue weighted by atomic mass is 16.6. The van der Waals surface area contributed by atoms with Crippen LogP contribution in [0.2, 0.25) is 0 Å². The van der Waals surface area contributed by atoms with Gasteiger partial charge in [0.25, 0.3) is 0 Å². The Morgan fingerprint density at radius 3 is 2.94 bits per heavy atom. The van der Waals surface area contributed by atoms with E-state index in [9.17, 15) is 5.11 Å². The first-order chi connectivity index (χ1) is 8.22. The lowest BCUT2D eigenvalue weighted by atomic mass is 9.92. The van der Waals surface area contributed by atoms with E-state index in [0.717, 1.165) is 12.1 Å². The van der Waals surface area contributed by atoms with Crippen molar-refractivity contribution in [3.63, 3.8) is 0 Å². The van der Waals surface area contributed by atoms with Crippen molar-refractivity contribution in [2.75, 3.05) is 0 Å². The van der Waals surface area contributed by atoms with Gasteiger partial charge in [0.05, 0.1) is 18.4 Å². The lowest BCUT2D eigenvalue weighted by Crippen LogP contribution is -2.35. The fourth-order valence-electron chi connectivity index (χ4n) is 1.96. The van der Waals surface area contributed by atoms with Gasteiger partial charge in [-0.2, -0.15) is 0 Å². The van der Waals surface area contributed by atoms with Crippen LogP contribution in [0.25, 0.3) is 0 Å². The van der Waals surface area contributed by atoms with Crippen molar-refractivity contribution < 1.29 is 14.6 Å². The van der Waals surface area contributed by atoms with Crippen LogP contribution in [0.1, 0.15) is 19.0 Å². The molecule has 2 heterocycles. The van der Waals surface area contributed by atoms with E-state index in [2.05, 4.69) is 4.98 Å². The summed E-state index contributed by atoms with van der Waals surface area (Å²) in [5.41, 5.74) is 0.812. The highest BCUT2D eigenvalue weighted by molar-refractivity contribution is 6.11. The molecule has 17 heavy (non-hydrogen) atoms. The van der Waals surface area contributed by atoms with Crippen LogP contribution in [-0.2, 0) is 16.1 Å². The first-order valence-electron chi connectivity index (χ1n) is 5.83. The topological polar surface area (TPSA) is 51.6 Å². The molecule has 2 rings (SSSR count). The van der Waals surface area contributed by atoms with Crippen molar-refractivity contribution in [2.24, 2.45) is 0 Å². The van der Waals surface area contributed by atoms with Crippen molar-refractivity contribution in [3.8, 4) is 0 Å². The van der Waals surface area contributed by atoms with Gasteiger partial charge in [-0.1, -0.05) is 13.0 Å². The molecule has 1 aromatic rings. The summed E-state index contributed by atoms with van der Waals surface area (Å²) in [7, 11) is 5.77. The molecule has 1 saturated heterocycles. The smallest absolute Gasteiger partial charge is 0.112 e. The van der Waals surface area contributed by atoms with Crippen molar-refractivity contribution in [2.45, 2.75) is 44.3 Å². The minimum Gasteiger partial charge on any atom is -0.388 e. The largest absolute Gasteiger partial charge is 0.388 e. The first-order valence-corrected chi connectivity index (χ1v) is 5.83. The molecule has 0 aliphatic carbocycles. The minimum absolute atomic E-state index is 0.237. The van der Waals surface area contributed by atoms with Gasteiger partial charge in [0, 0.05) is 12.2 Å². The van der Waals surface area contributed by atoms with Crippen LogP contribution in [0.4, 0.5) is 0 Å². The average Bonchev–Trinajstić information content (AvgIpc) is 2.63. The van der Waals surface area contributed by atoms with E-state index in [1.165, 1.54) is 0 Å². The molecule has 0 bridgehead atoms. The maximum Gasteiger partial charge on any atom is 0.112 e. The van der Waals surface area contributed by atoms with Crippen molar-refractivity contribution in [1.82, 2.24) is 4.98 Å². The van der Waals surface area contributed by atoms with E-state index in [0.29, 0.717) is 6.61 Å². The number of aliphatic hydroxyl groups excluding tert-OH is 1. The van der Waals surface area contributed by atoms with E-state index in [4.69, 9.17) is 17.3 Å². The van der Waals surface area contributed by atoms with Crippen LogP contribution < -0.4 is 0 Å². The average molecular weight is 233 g/mol. The summed E-state index contributed by atoms with van der Waals surface area (Å²) in [5, 5.41) is 9.95. The Labute approximate surface area is 102 Å². The number of hydrogen-bond acceptors (Lipinski definition) is 4.